The minimum Gasteiger partial charge on any atom is -0.497 e. The molecule has 2 N–H and O–H groups in total. The molecule has 0 aromatic heterocycles. The van der Waals surface area contributed by atoms with E-state index >= 15 is 0 Å². The van der Waals surface area contributed by atoms with Gasteiger partial charge in [0.2, 0.25) is 5.91 Å². The van der Waals surface area contributed by atoms with E-state index in [0.717, 1.165) is 16.0 Å². The quantitative estimate of drug-likeness (QED) is 0.736. The smallest absolute Gasteiger partial charge is 0.325 e. The van der Waals surface area contributed by atoms with Gasteiger partial charge in [0.05, 0.1) is 13.2 Å². The third-order valence-corrected chi connectivity index (χ3v) is 5.20. The van der Waals surface area contributed by atoms with Gasteiger partial charge in [0, 0.05) is 0 Å². The van der Waals surface area contributed by atoms with E-state index in [4.69, 9.17) is 4.74 Å². The van der Waals surface area contributed by atoms with Gasteiger partial charge in [0.15, 0.2) is 0 Å². The molecule has 1 aliphatic heterocycles. The molecule has 1 heterocycles. The van der Waals surface area contributed by atoms with Gasteiger partial charge in [0.1, 0.15) is 17.8 Å². The summed E-state index contributed by atoms with van der Waals surface area (Å²) in [5.74, 6) is -0.221. The zero-order valence-electron chi connectivity index (χ0n) is 17.0. The normalized spacial score (nSPS) is 19.7. The third-order valence-electron chi connectivity index (χ3n) is 5.20. The topological polar surface area (TPSA) is 87.7 Å². The van der Waals surface area contributed by atoms with Gasteiger partial charge in [-0.15, -0.1) is 0 Å². The van der Waals surface area contributed by atoms with Crippen LogP contribution in [0.25, 0.3) is 0 Å². The van der Waals surface area contributed by atoms with Crippen molar-refractivity contribution >= 4 is 17.8 Å². The summed E-state index contributed by atoms with van der Waals surface area (Å²) in [6.07, 6.45) is 0. The van der Waals surface area contributed by atoms with Crippen LogP contribution in [0.5, 0.6) is 5.75 Å². The second-order valence-electron chi connectivity index (χ2n) is 7.37. The molecule has 0 saturated carbocycles. The first kappa shape index (κ1) is 20.4. The number of ether oxygens (including phenoxy) is 1. The molecule has 2 atom stereocenters. The summed E-state index contributed by atoms with van der Waals surface area (Å²) in [5.41, 5.74) is 1.47. The average molecular weight is 395 g/mol. The van der Waals surface area contributed by atoms with E-state index in [-0.39, 0.29) is 12.6 Å². The predicted octanol–water partition coefficient (Wildman–Crippen LogP) is 2.65. The standard InChI is InChI=1S/C22H25N3O4/c1-14-5-7-16(8-6-14)15(2)23-19(26)13-25-20(27)22(3,24-21(25)28)17-9-11-18(29-4)12-10-17/h5-12,15H,13H2,1-4H3,(H,23,26)(H,24,28). The Morgan fingerprint density at radius 2 is 1.76 bits per heavy atom. The van der Waals surface area contributed by atoms with Gasteiger partial charge in [-0.1, -0.05) is 42.0 Å². The van der Waals surface area contributed by atoms with Crippen molar-refractivity contribution in [3.63, 3.8) is 0 Å². The van der Waals surface area contributed by atoms with Crippen molar-refractivity contribution < 1.29 is 19.1 Å². The Morgan fingerprint density at radius 1 is 1.14 bits per heavy atom. The minimum atomic E-state index is -1.23. The molecule has 1 aliphatic rings. The van der Waals surface area contributed by atoms with Crippen molar-refractivity contribution in [1.29, 1.82) is 0 Å². The summed E-state index contributed by atoms with van der Waals surface area (Å²) in [6, 6.07) is 13.9. The number of carbonyl (C=O) groups excluding carboxylic acids is 3. The fourth-order valence-corrected chi connectivity index (χ4v) is 3.33. The monoisotopic (exact) mass is 395 g/mol. The van der Waals surface area contributed by atoms with Crippen molar-refractivity contribution in [3.8, 4) is 5.75 Å². The van der Waals surface area contributed by atoms with Gasteiger partial charge < -0.3 is 15.4 Å². The minimum absolute atomic E-state index is 0.239. The number of benzene rings is 2. The maximum absolute atomic E-state index is 13.0. The first-order valence-corrected chi connectivity index (χ1v) is 9.39. The zero-order chi connectivity index (χ0) is 21.2. The Kier molecular flexibility index (Phi) is 5.59. The Bertz CT molecular complexity index is 924. The molecule has 0 radical (unpaired) electrons. The molecule has 7 nitrogen and oxygen atoms in total. The summed E-state index contributed by atoms with van der Waals surface area (Å²) in [4.78, 5) is 38.8. The maximum Gasteiger partial charge on any atom is 0.325 e. The number of hydrogen-bond donors (Lipinski definition) is 2. The lowest BCUT2D eigenvalue weighted by atomic mass is 9.92. The molecule has 2 aromatic carbocycles. The number of methoxy groups -OCH3 is 1. The van der Waals surface area contributed by atoms with Crippen molar-refractivity contribution in [2.24, 2.45) is 0 Å². The Morgan fingerprint density at radius 3 is 2.34 bits per heavy atom. The lowest BCUT2D eigenvalue weighted by Crippen LogP contribution is -2.43. The zero-order valence-corrected chi connectivity index (χ0v) is 17.0. The molecule has 152 valence electrons. The van der Waals surface area contributed by atoms with Crippen LogP contribution in [0.2, 0.25) is 0 Å². The molecule has 2 aromatic rings. The number of rotatable bonds is 6. The summed E-state index contributed by atoms with van der Waals surface area (Å²) < 4.78 is 5.13. The molecule has 7 heteroatoms. The predicted molar refractivity (Wildman–Crippen MR) is 108 cm³/mol. The number of urea groups is 1. The molecule has 1 fully saturated rings. The number of imide groups is 1. The SMILES string of the molecule is COc1ccc(C2(C)NC(=O)N(CC(=O)NC(C)c3ccc(C)cc3)C2=O)cc1. The summed E-state index contributed by atoms with van der Waals surface area (Å²) >= 11 is 0. The molecule has 0 spiro atoms. The Balaban J connectivity index is 1.69. The molecule has 29 heavy (non-hydrogen) atoms. The highest BCUT2D eigenvalue weighted by Gasteiger charge is 2.49. The van der Waals surface area contributed by atoms with Crippen LogP contribution in [0.15, 0.2) is 48.5 Å². The summed E-state index contributed by atoms with van der Waals surface area (Å²) in [7, 11) is 1.55. The lowest BCUT2D eigenvalue weighted by molar-refractivity contribution is -0.135. The van der Waals surface area contributed by atoms with Gasteiger partial charge in [-0.3, -0.25) is 14.5 Å². The summed E-state index contributed by atoms with van der Waals surface area (Å²) in [6.45, 7) is 5.13. The first-order chi connectivity index (χ1) is 13.7. The number of aryl methyl sites for hydroxylation is 1. The summed E-state index contributed by atoms with van der Waals surface area (Å²) in [5, 5.41) is 5.53. The van der Waals surface area contributed by atoms with Crippen molar-refractivity contribution in [3.05, 3.63) is 65.2 Å². The van der Waals surface area contributed by atoms with Crippen LogP contribution < -0.4 is 15.4 Å². The van der Waals surface area contributed by atoms with Crippen molar-refractivity contribution in [2.45, 2.75) is 32.4 Å². The Hall–Kier alpha value is -3.35. The van der Waals surface area contributed by atoms with E-state index in [1.54, 1.807) is 38.3 Å². The molecular weight excluding hydrogens is 370 g/mol. The average Bonchev–Trinajstić information content (AvgIpc) is 2.92. The molecule has 0 bridgehead atoms. The number of nitrogens with one attached hydrogen (secondary N) is 2. The molecule has 3 rings (SSSR count). The van der Waals surface area contributed by atoms with E-state index < -0.39 is 23.4 Å². The van der Waals surface area contributed by atoms with Crippen LogP contribution in [0.3, 0.4) is 0 Å². The van der Waals surface area contributed by atoms with Crippen LogP contribution in [-0.4, -0.2) is 36.4 Å². The van der Waals surface area contributed by atoms with E-state index in [0.29, 0.717) is 11.3 Å². The number of carbonyl (C=O) groups is 3. The van der Waals surface area contributed by atoms with E-state index in [1.807, 2.05) is 38.1 Å². The molecule has 1 saturated heterocycles. The van der Waals surface area contributed by atoms with Crippen LogP contribution >= 0.6 is 0 Å². The highest BCUT2D eigenvalue weighted by Crippen LogP contribution is 2.30. The van der Waals surface area contributed by atoms with Gasteiger partial charge >= 0.3 is 6.03 Å². The van der Waals surface area contributed by atoms with Crippen molar-refractivity contribution in [1.82, 2.24) is 15.5 Å². The third kappa shape index (κ3) is 4.08. The van der Waals surface area contributed by atoms with Crippen LogP contribution in [0.1, 0.15) is 36.6 Å². The highest BCUT2D eigenvalue weighted by molar-refractivity contribution is 6.09. The second-order valence-corrected chi connectivity index (χ2v) is 7.37. The fraction of sp³-hybridized carbons (Fsp3) is 0.318. The van der Waals surface area contributed by atoms with Gasteiger partial charge in [-0.2, -0.15) is 0 Å². The largest absolute Gasteiger partial charge is 0.497 e. The van der Waals surface area contributed by atoms with Crippen LogP contribution in [-0.2, 0) is 15.1 Å². The van der Waals surface area contributed by atoms with Gasteiger partial charge in [0.25, 0.3) is 5.91 Å². The fourth-order valence-electron chi connectivity index (χ4n) is 3.33. The van der Waals surface area contributed by atoms with Crippen LogP contribution in [0.4, 0.5) is 4.79 Å². The molecule has 2 unspecified atom stereocenters. The van der Waals surface area contributed by atoms with E-state index in [2.05, 4.69) is 10.6 Å². The first-order valence-electron chi connectivity index (χ1n) is 9.39. The van der Waals surface area contributed by atoms with E-state index in [1.165, 1.54) is 0 Å². The van der Waals surface area contributed by atoms with Gasteiger partial charge in [-0.05, 0) is 44.0 Å². The maximum atomic E-state index is 13.0. The highest BCUT2D eigenvalue weighted by atomic mass is 16.5. The molecule has 0 aliphatic carbocycles. The van der Waals surface area contributed by atoms with E-state index in [9.17, 15) is 14.4 Å². The number of amides is 4. The second kappa shape index (κ2) is 7.95. The number of nitrogens with zero attached hydrogens (tertiary/aromatic N) is 1. The lowest BCUT2D eigenvalue weighted by Gasteiger charge is -2.22. The molecule has 4 amide bonds. The van der Waals surface area contributed by atoms with Crippen LogP contribution in [0, 0.1) is 6.92 Å². The number of hydrogen-bond acceptors (Lipinski definition) is 4. The van der Waals surface area contributed by atoms with Gasteiger partial charge in [-0.25, -0.2) is 4.79 Å². The molecular formula is C22H25N3O4. The van der Waals surface area contributed by atoms with Crippen molar-refractivity contribution in [2.75, 3.05) is 13.7 Å². The Labute approximate surface area is 170 Å².